The third-order valence-corrected chi connectivity index (χ3v) is 2.98. The Hall–Kier alpha value is -1.29. The van der Waals surface area contributed by atoms with Crippen LogP contribution in [-0.4, -0.2) is 14.9 Å². The van der Waals surface area contributed by atoms with Crippen molar-refractivity contribution >= 4 is 15.9 Å². The standard InChI is InChI=1S/C12H13BrN2O/c1-8(2)15-12(10(13)7-14-15)9-5-3-4-6-11(9)16/h3-8,16H,1-2H3. The van der Waals surface area contributed by atoms with Gasteiger partial charge >= 0.3 is 0 Å². The lowest BCUT2D eigenvalue weighted by molar-refractivity contribution is 0.474. The molecule has 0 spiro atoms. The van der Waals surface area contributed by atoms with Crippen LogP contribution in [0.4, 0.5) is 0 Å². The molecule has 0 amide bonds. The lowest BCUT2D eigenvalue weighted by Crippen LogP contribution is -2.04. The van der Waals surface area contributed by atoms with Crippen LogP contribution in [0, 0.1) is 0 Å². The number of hydrogen-bond donors (Lipinski definition) is 1. The minimum atomic E-state index is 0.251. The second kappa shape index (κ2) is 4.29. The predicted octanol–water partition coefficient (Wildman–Crippen LogP) is 3.60. The summed E-state index contributed by atoms with van der Waals surface area (Å²) in [7, 11) is 0. The molecule has 1 N–H and O–H groups in total. The first-order chi connectivity index (χ1) is 7.61. The second-order valence-electron chi connectivity index (χ2n) is 3.90. The van der Waals surface area contributed by atoms with Crippen molar-refractivity contribution in [3.63, 3.8) is 0 Å². The highest BCUT2D eigenvalue weighted by Crippen LogP contribution is 2.35. The van der Waals surface area contributed by atoms with Gasteiger partial charge in [0.05, 0.1) is 16.4 Å². The Morgan fingerprint density at radius 1 is 1.31 bits per heavy atom. The molecule has 84 valence electrons. The van der Waals surface area contributed by atoms with Crippen LogP contribution in [-0.2, 0) is 0 Å². The SMILES string of the molecule is CC(C)n1ncc(Br)c1-c1ccccc1O. The molecule has 0 aliphatic rings. The number of benzene rings is 1. The molecule has 0 fully saturated rings. The maximum absolute atomic E-state index is 9.85. The van der Waals surface area contributed by atoms with Crippen molar-refractivity contribution in [1.82, 2.24) is 9.78 Å². The van der Waals surface area contributed by atoms with Crippen LogP contribution < -0.4 is 0 Å². The van der Waals surface area contributed by atoms with Crippen molar-refractivity contribution in [3.8, 4) is 17.0 Å². The van der Waals surface area contributed by atoms with Crippen molar-refractivity contribution in [2.24, 2.45) is 0 Å². The van der Waals surface area contributed by atoms with E-state index in [1.54, 1.807) is 12.3 Å². The zero-order chi connectivity index (χ0) is 11.7. The van der Waals surface area contributed by atoms with Crippen molar-refractivity contribution in [2.45, 2.75) is 19.9 Å². The Morgan fingerprint density at radius 2 is 2.00 bits per heavy atom. The summed E-state index contributed by atoms with van der Waals surface area (Å²) >= 11 is 3.46. The normalized spacial score (nSPS) is 11.0. The van der Waals surface area contributed by atoms with Crippen LogP contribution >= 0.6 is 15.9 Å². The quantitative estimate of drug-likeness (QED) is 0.913. The first-order valence-electron chi connectivity index (χ1n) is 5.12. The van der Waals surface area contributed by atoms with Gasteiger partial charge in [0, 0.05) is 11.6 Å². The highest BCUT2D eigenvalue weighted by molar-refractivity contribution is 9.10. The first kappa shape index (κ1) is 11.2. The number of phenolic OH excluding ortho intramolecular Hbond substituents is 1. The molecule has 0 aliphatic heterocycles. The van der Waals surface area contributed by atoms with Crippen LogP contribution in [0.2, 0.25) is 0 Å². The molecule has 4 heteroatoms. The highest BCUT2D eigenvalue weighted by Gasteiger charge is 2.15. The number of halogens is 1. The Bertz CT molecular complexity index is 505. The number of nitrogens with zero attached hydrogens (tertiary/aromatic N) is 2. The fourth-order valence-electron chi connectivity index (χ4n) is 1.66. The molecular weight excluding hydrogens is 268 g/mol. The molecule has 1 aromatic heterocycles. The lowest BCUT2D eigenvalue weighted by atomic mass is 10.1. The van der Waals surface area contributed by atoms with Gasteiger partial charge in [-0.25, -0.2) is 0 Å². The lowest BCUT2D eigenvalue weighted by Gasteiger charge is -2.12. The van der Waals surface area contributed by atoms with Crippen LogP contribution in [0.5, 0.6) is 5.75 Å². The molecule has 3 nitrogen and oxygen atoms in total. The number of rotatable bonds is 2. The fraction of sp³-hybridized carbons (Fsp3) is 0.250. The number of aromatic nitrogens is 2. The Kier molecular flexibility index (Phi) is 3.01. The van der Waals surface area contributed by atoms with E-state index in [0.29, 0.717) is 0 Å². The molecule has 2 aromatic rings. The van der Waals surface area contributed by atoms with E-state index in [9.17, 15) is 5.11 Å². The molecule has 1 aromatic carbocycles. The molecule has 1 heterocycles. The largest absolute Gasteiger partial charge is 0.507 e. The summed E-state index contributed by atoms with van der Waals surface area (Å²) in [6, 6.07) is 7.53. The molecule has 0 aliphatic carbocycles. The third kappa shape index (κ3) is 1.85. The zero-order valence-corrected chi connectivity index (χ0v) is 10.8. The Balaban J connectivity index is 2.64. The maximum atomic E-state index is 9.85. The van der Waals surface area contributed by atoms with E-state index in [-0.39, 0.29) is 11.8 Å². The molecule has 2 rings (SSSR count). The Labute approximate surface area is 103 Å². The molecular formula is C12H13BrN2O. The predicted molar refractivity (Wildman–Crippen MR) is 67.4 cm³/mol. The molecule has 0 bridgehead atoms. The van der Waals surface area contributed by atoms with Gasteiger partial charge in [-0.3, -0.25) is 4.68 Å². The van der Waals surface area contributed by atoms with E-state index < -0.39 is 0 Å². The first-order valence-corrected chi connectivity index (χ1v) is 5.92. The summed E-state index contributed by atoms with van der Waals surface area (Å²) in [5.74, 6) is 0.269. The van der Waals surface area contributed by atoms with Crippen molar-refractivity contribution in [2.75, 3.05) is 0 Å². The van der Waals surface area contributed by atoms with Gasteiger partial charge in [-0.2, -0.15) is 5.10 Å². The summed E-state index contributed by atoms with van der Waals surface area (Å²) < 4.78 is 2.78. The summed E-state index contributed by atoms with van der Waals surface area (Å²) in [6.45, 7) is 4.12. The number of aromatic hydroxyl groups is 1. The van der Waals surface area contributed by atoms with Gasteiger partial charge in [0.25, 0.3) is 0 Å². The van der Waals surface area contributed by atoms with Gasteiger partial charge in [-0.1, -0.05) is 12.1 Å². The smallest absolute Gasteiger partial charge is 0.124 e. The molecule has 16 heavy (non-hydrogen) atoms. The van der Waals surface area contributed by atoms with Gasteiger partial charge in [-0.15, -0.1) is 0 Å². The Morgan fingerprint density at radius 3 is 2.62 bits per heavy atom. The van der Waals surface area contributed by atoms with Gasteiger partial charge in [0.2, 0.25) is 0 Å². The summed E-state index contributed by atoms with van der Waals surface area (Å²) in [6.07, 6.45) is 1.75. The monoisotopic (exact) mass is 280 g/mol. The van der Waals surface area contributed by atoms with Crippen LogP contribution in [0.1, 0.15) is 19.9 Å². The number of hydrogen-bond acceptors (Lipinski definition) is 2. The average molecular weight is 281 g/mol. The van der Waals surface area contributed by atoms with Crippen molar-refractivity contribution < 1.29 is 5.11 Å². The topological polar surface area (TPSA) is 38.0 Å². The van der Waals surface area contributed by atoms with Gasteiger partial charge in [-0.05, 0) is 41.9 Å². The molecule has 0 atom stereocenters. The van der Waals surface area contributed by atoms with Crippen LogP contribution in [0.3, 0.4) is 0 Å². The molecule has 0 saturated carbocycles. The highest BCUT2D eigenvalue weighted by atomic mass is 79.9. The van der Waals surface area contributed by atoms with Gasteiger partial charge < -0.3 is 5.11 Å². The molecule has 0 unspecified atom stereocenters. The van der Waals surface area contributed by atoms with Crippen molar-refractivity contribution in [3.05, 3.63) is 34.9 Å². The summed E-state index contributed by atoms with van der Waals surface area (Å²) in [4.78, 5) is 0. The minimum absolute atomic E-state index is 0.251. The van der Waals surface area contributed by atoms with E-state index in [4.69, 9.17) is 0 Å². The van der Waals surface area contributed by atoms with E-state index in [1.165, 1.54) is 0 Å². The number of phenols is 1. The van der Waals surface area contributed by atoms with Crippen LogP contribution in [0.15, 0.2) is 34.9 Å². The van der Waals surface area contributed by atoms with E-state index in [2.05, 4.69) is 34.9 Å². The summed E-state index contributed by atoms with van der Waals surface area (Å²) in [5, 5.41) is 14.1. The number of para-hydroxylation sites is 1. The van der Waals surface area contributed by atoms with E-state index in [1.807, 2.05) is 22.9 Å². The molecule has 0 saturated heterocycles. The molecule has 0 radical (unpaired) electrons. The second-order valence-corrected chi connectivity index (χ2v) is 4.75. The summed E-state index contributed by atoms with van der Waals surface area (Å²) in [5.41, 5.74) is 1.70. The third-order valence-electron chi connectivity index (χ3n) is 2.40. The fourth-order valence-corrected chi connectivity index (χ4v) is 2.15. The van der Waals surface area contributed by atoms with Gasteiger partial charge in [0.15, 0.2) is 0 Å². The van der Waals surface area contributed by atoms with Gasteiger partial charge in [0.1, 0.15) is 5.75 Å². The van der Waals surface area contributed by atoms with E-state index >= 15 is 0 Å². The van der Waals surface area contributed by atoms with Crippen molar-refractivity contribution in [1.29, 1.82) is 0 Å². The average Bonchev–Trinajstić information content (AvgIpc) is 2.61. The zero-order valence-electron chi connectivity index (χ0n) is 9.18. The maximum Gasteiger partial charge on any atom is 0.124 e. The van der Waals surface area contributed by atoms with Crippen LogP contribution in [0.25, 0.3) is 11.3 Å². The van der Waals surface area contributed by atoms with E-state index in [0.717, 1.165) is 15.7 Å². The minimum Gasteiger partial charge on any atom is -0.507 e.